The summed E-state index contributed by atoms with van der Waals surface area (Å²) >= 11 is 0. The van der Waals surface area contributed by atoms with Gasteiger partial charge in [0.2, 0.25) is 0 Å². The third-order valence-corrected chi connectivity index (χ3v) is 4.06. The fraction of sp³-hybridized carbons (Fsp3) is 1.00. The van der Waals surface area contributed by atoms with Crippen LogP contribution in [0.4, 0.5) is 0 Å². The van der Waals surface area contributed by atoms with E-state index in [2.05, 4.69) is 20.8 Å². The Morgan fingerprint density at radius 1 is 1.12 bits per heavy atom. The molecule has 0 aromatic heterocycles. The zero-order chi connectivity index (χ0) is 12.7. The smallest absolute Gasteiger partial charge is 0.0852 e. The first kappa shape index (κ1) is 15.0. The Morgan fingerprint density at radius 2 is 1.76 bits per heavy atom. The van der Waals surface area contributed by atoms with Crippen molar-refractivity contribution in [3.63, 3.8) is 0 Å². The molecule has 1 saturated carbocycles. The van der Waals surface area contributed by atoms with E-state index < -0.39 is 0 Å². The van der Waals surface area contributed by atoms with E-state index in [1.54, 1.807) is 0 Å². The van der Waals surface area contributed by atoms with Crippen LogP contribution in [0.15, 0.2) is 0 Å². The molecular formula is C15H30O2. The van der Waals surface area contributed by atoms with Gasteiger partial charge < -0.3 is 9.84 Å². The molecule has 2 unspecified atom stereocenters. The largest absolute Gasteiger partial charge is 0.390 e. The van der Waals surface area contributed by atoms with E-state index in [1.165, 1.54) is 32.1 Å². The second-order valence-corrected chi connectivity index (χ2v) is 6.15. The summed E-state index contributed by atoms with van der Waals surface area (Å²) in [7, 11) is 0. The van der Waals surface area contributed by atoms with Crippen molar-refractivity contribution >= 4 is 0 Å². The van der Waals surface area contributed by atoms with Crippen LogP contribution in [0.5, 0.6) is 0 Å². The maximum absolute atomic E-state index is 10.1. The number of hydrogen-bond acceptors (Lipinski definition) is 2. The van der Waals surface area contributed by atoms with Crippen molar-refractivity contribution in [1.82, 2.24) is 0 Å². The summed E-state index contributed by atoms with van der Waals surface area (Å²) in [4.78, 5) is 0. The minimum atomic E-state index is -0.275. The van der Waals surface area contributed by atoms with Crippen molar-refractivity contribution in [3.8, 4) is 0 Å². The summed E-state index contributed by atoms with van der Waals surface area (Å²) < 4.78 is 5.81. The lowest BCUT2D eigenvalue weighted by atomic mass is 9.89. The SMILES string of the molecule is CCCCCCCCOC1CCC(C)(C)C1O. The fourth-order valence-electron chi connectivity index (χ4n) is 2.61. The number of aliphatic hydroxyl groups excluding tert-OH is 1. The van der Waals surface area contributed by atoms with E-state index in [0.29, 0.717) is 0 Å². The second-order valence-electron chi connectivity index (χ2n) is 6.15. The molecule has 0 spiro atoms. The van der Waals surface area contributed by atoms with Crippen LogP contribution in [0.2, 0.25) is 0 Å². The second kappa shape index (κ2) is 7.38. The zero-order valence-electron chi connectivity index (χ0n) is 11.9. The summed E-state index contributed by atoms with van der Waals surface area (Å²) in [6.07, 6.45) is 9.67. The van der Waals surface area contributed by atoms with E-state index >= 15 is 0 Å². The quantitative estimate of drug-likeness (QED) is 0.654. The molecule has 2 nitrogen and oxygen atoms in total. The molecule has 0 bridgehead atoms. The van der Waals surface area contributed by atoms with Crippen molar-refractivity contribution < 1.29 is 9.84 Å². The lowest BCUT2D eigenvalue weighted by Crippen LogP contribution is -2.33. The Balaban J connectivity index is 2.00. The van der Waals surface area contributed by atoms with Gasteiger partial charge in [0.1, 0.15) is 0 Å². The molecular weight excluding hydrogens is 212 g/mol. The van der Waals surface area contributed by atoms with Gasteiger partial charge in [-0.2, -0.15) is 0 Å². The van der Waals surface area contributed by atoms with Gasteiger partial charge in [-0.1, -0.05) is 52.9 Å². The molecule has 0 saturated heterocycles. The average molecular weight is 242 g/mol. The molecule has 1 fully saturated rings. The molecule has 0 heterocycles. The Morgan fingerprint density at radius 3 is 2.35 bits per heavy atom. The Kier molecular flexibility index (Phi) is 6.50. The lowest BCUT2D eigenvalue weighted by Gasteiger charge is -2.25. The third kappa shape index (κ3) is 4.97. The van der Waals surface area contributed by atoms with Gasteiger partial charge in [0.05, 0.1) is 12.2 Å². The van der Waals surface area contributed by atoms with E-state index in [-0.39, 0.29) is 17.6 Å². The van der Waals surface area contributed by atoms with Gasteiger partial charge in [-0.25, -0.2) is 0 Å². The standard InChI is InChI=1S/C15H30O2/c1-4-5-6-7-8-9-12-17-13-10-11-15(2,3)14(13)16/h13-14,16H,4-12H2,1-3H3. The monoisotopic (exact) mass is 242 g/mol. The van der Waals surface area contributed by atoms with Crippen LogP contribution in [-0.2, 0) is 4.74 Å². The molecule has 0 radical (unpaired) electrons. The predicted molar refractivity (Wildman–Crippen MR) is 72.1 cm³/mol. The van der Waals surface area contributed by atoms with Crippen LogP contribution in [0.3, 0.4) is 0 Å². The number of rotatable bonds is 8. The minimum absolute atomic E-state index is 0.0474. The van der Waals surface area contributed by atoms with E-state index in [1.807, 2.05) is 0 Å². The molecule has 1 aliphatic rings. The summed E-state index contributed by atoms with van der Waals surface area (Å²) in [5, 5.41) is 10.1. The Bertz CT molecular complexity index is 201. The summed E-state index contributed by atoms with van der Waals surface area (Å²) in [5.74, 6) is 0. The first-order valence-electron chi connectivity index (χ1n) is 7.37. The molecule has 1 aliphatic carbocycles. The van der Waals surface area contributed by atoms with Crippen LogP contribution in [0.1, 0.15) is 72.1 Å². The molecule has 102 valence electrons. The van der Waals surface area contributed by atoms with Gasteiger partial charge in [0.25, 0.3) is 0 Å². The van der Waals surface area contributed by atoms with Gasteiger partial charge in [-0.05, 0) is 24.7 Å². The molecule has 0 aliphatic heterocycles. The third-order valence-electron chi connectivity index (χ3n) is 4.06. The molecule has 2 atom stereocenters. The number of aliphatic hydroxyl groups is 1. The fourth-order valence-corrected chi connectivity index (χ4v) is 2.61. The number of hydrogen-bond donors (Lipinski definition) is 1. The maximum Gasteiger partial charge on any atom is 0.0852 e. The maximum atomic E-state index is 10.1. The average Bonchev–Trinajstić information content (AvgIpc) is 2.54. The van der Waals surface area contributed by atoms with Crippen LogP contribution >= 0.6 is 0 Å². The first-order valence-corrected chi connectivity index (χ1v) is 7.37. The minimum Gasteiger partial charge on any atom is -0.390 e. The molecule has 0 aromatic carbocycles. The summed E-state index contributed by atoms with van der Waals surface area (Å²) in [6, 6.07) is 0. The van der Waals surface area contributed by atoms with Crippen LogP contribution in [0.25, 0.3) is 0 Å². The normalized spacial score (nSPS) is 27.5. The van der Waals surface area contributed by atoms with Gasteiger partial charge in [-0.15, -0.1) is 0 Å². The van der Waals surface area contributed by atoms with Crippen molar-refractivity contribution in [2.45, 2.75) is 84.3 Å². The highest BCUT2D eigenvalue weighted by Gasteiger charge is 2.41. The van der Waals surface area contributed by atoms with E-state index in [0.717, 1.165) is 25.9 Å². The van der Waals surface area contributed by atoms with Crippen LogP contribution in [-0.4, -0.2) is 23.9 Å². The van der Waals surface area contributed by atoms with Crippen molar-refractivity contribution in [2.24, 2.45) is 5.41 Å². The Hall–Kier alpha value is -0.0800. The topological polar surface area (TPSA) is 29.5 Å². The lowest BCUT2D eigenvalue weighted by molar-refractivity contribution is -0.0504. The van der Waals surface area contributed by atoms with Crippen LogP contribution in [0, 0.1) is 5.41 Å². The highest BCUT2D eigenvalue weighted by Crippen LogP contribution is 2.38. The Labute approximate surface area is 107 Å². The van der Waals surface area contributed by atoms with Gasteiger partial charge in [-0.3, -0.25) is 0 Å². The number of ether oxygens (including phenoxy) is 1. The summed E-state index contributed by atoms with van der Waals surface area (Å²) in [6.45, 7) is 7.33. The van der Waals surface area contributed by atoms with Gasteiger partial charge in [0, 0.05) is 6.61 Å². The zero-order valence-corrected chi connectivity index (χ0v) is 11.9. The van der Waals surface area contributed by atoms with Crippen molar-refractivity contribution in [3.05, 3.63) is 0 Å². The molecule has 1 N–H and O–H groups in total. The van der Waals surface area contributed by atoms with Crippen molar-refractivity contribution in [2.75, 3.05) is 6.61 Å². The first-order chi connectivity index (χ1) is 8.08. The van der Waals surface area contributed by atoms with Crippen molar-refractivity contribution in [1.29, 1.82) is 0 Å². The molecule has 17 heavy (non-hydrogen) atoms. The molecule has 2 heteroatoms. The highest BCUT2D eigenvalue weighted by atomic mass is 16.5. The van der Waals surface area contributed by atoms with Crippen LogP contribution < -0.4 is 0 Å². The molecule has 0 aromatic rings. The van der Waals surface area contributed by atoms with E-state index in [9.17, 15) is 5.11 Å². The van der Waals surface area contributed by atoms with E-state index in [4.69, 9.17) is 4.74 Å². The van der Waals surface area contributed by atoms with Gasteiger partial charge in [0.15, 0.2) is 0 Å². The number of unbranched alkanes of at least 4 members (excludes halogenated alkanes) is 5. The molecule has 0 amide bonds. The van der Waals surface area contributed by atoms with Gasteiger partial charge >= 0.3 is 0 Å². The molecule has 1 rings (SSSR count). The highest BCUT2D eigenvalue weighted by molar-refractivity contribution is 4.91. The summed E-state index contributed by atoms with van der Waals surface area (Å²) in [5.41, 5.74) is 0.0474. The predicted octanol–water partition coefficient (Wildman–Crippen LogP) is 3.91.